The van der Waals surface area contributed by atoms with Crippen molar-refractivity contribution in [2.45, 2.75) is 6.42 Å². The number of halogens is 1. The fourth-order valence-electron chi connectivity index (χ4n) is 2.44. The van der Waals surface area contributed by atoms with Crippen LogP contribution in [0.2, 0.25) is 5.02 Å². The average molecular weight is 322 g/mol. The zero-order chi connectivity index (χ0) is 16.1. The minimum absolute atomic E-state index is 0.112. The molecule has 0 fully saturated rings. The third-order valence-electron chi connectivity index (χ3n) is 3.60. The molecular weight excluding hydrogens is 306 g/mol. The van der Waals surface area contributed by atoms with Gasteiger partial charge in [-0.1, -0.05) is 60.1 Å². The predicted octanol–water partition coefficient (Wildman–Crippen LogP) is 5.18. The Labute approximate surface area is 140 Å². The van der Waals surface area contributed by atoms with Crippen molar-refractivity contribution in [2.24, 2.45) is 0 Å². The smallest absolute Gasteiger partial charge is 0.255 e. The largest absolute Gasteiger partial charge is 0.322 e. The van der Waals surface area contributed by atoms with Crippen LogP contribution in [0.15, 0.2) is 78.9 Å². The van der Waals surface area contributed by atoms with Gasteiger partial charge in [-0.25, -0.2) is 0 Å². The molecule has 3 rings (SSSR count). The van der Waals surface area contributed by atoms with Crippen molar-refractivity contribution in [1.29, 1.82) is 0 Å². The Hall–Kier alpha value is -2.58. The van der Waals surface area contributed by atoms with E-state index in [1.807, 2.05) is 42.5 Å². The minimum atomic E-state index is -0.112. The van der Waals surface area contributed by atoms with Gasteiger partial charge in [-0.3, -0.25) is 4.79 Å². The first-order chi connectivity index (χ1) is 11.2. The molecule has 0 aliphatic heterocycles. The Morgan fingerprint density at radius 2 is 1.48 bits per heavy atom. The van der Waals surface area contributed by atoms with Crippen molar-refractivity contribution in [3.8, 4) is 0 Å². The molecular formula is C20H16ClNO. The molecule has 0 aromatic heterocycles. The number of hydrogen-bond acceptors (Lipinski definition) is 1. The van der Waals surface area contributed by atoms with E-state index >= 15 is 0 Å². The van der Waals surface area contributed by atoms with E-state index in [2.05, 4.69) is 17.4 Å². The lowest BCUT2D eigenvalue weighted by Gasteiger charge is -2.10. The summed E-state index contributed by atoms with van der Waals surface area (Å²) >= 11 is 5.87. The van der Waals surface area contributed by atoms with Crippen molar-refractivity contribution < 1.29 is 4.79 Å². The van der Waals surface area contributed by atoms with Crippen LogP contribution in [0.25, 0.3) is 0 Å². The molecule has 23 heavy (non-hydrogen) atoms. The second kappa shape index (κ2) is 7.12. The molecule has 3 aromatic carbocycles. The highest BCUT2D eigenvalue weighted by atomic mass is 35.5. The van der Waals surface area contributed by atoms with Crippen LogP contribution in [-0.4, -0.2) is 5.91 Å². The first kappa shape index (κ1) is 15.3. The van der Waals surface area contributed by atoms with Crippen molar-refractivity contribution >= 4 is 23.2 Å². The van der Waals surface area contributed by atoms with Gasteiger partial charge in [0.05, 0.1) is 0 Å². The van der Waals surface area contributed by atoms with Crippen molar-refractivity contribution in [3.05, 3.63) is 101 Å². The van der Waals surface area contributed by atoms with Crippen molar-refractivity contribution in [3.63, 3.8) is 0 Å². The highest BCUT2D eigenvalue weighted by molar-refractivity contribution is 6.30. The summed E-state index contributed by atoms with van der Waals surface area (Å²) < 4.78 is 0. The summed E-state index contributed by atoms with van der Waals surface area (Å²) in [5.41, 5.74) is 3.60. The van der Waals surface area contributed by atoms with E-state index in [0.717, 1.165) is 17.7 Å². The summed E-state index contributed by atoms with van der Waals surface area (Å²) in [5.74, 6) is -0.112. The minimum Gasteiger partial charge on any atom is -0.322 e. The lowest BCUT2D eigenvalue weighted by Crippen LogP contribution is -2.14. The van der Waals surface area contributed by atoms with Gasteiger partial charge in [0.25, 0.3) is 5.91 Å². The monoisotopic (exact) mass is 321 g/mol. The number of amides is 1. The Balaban J connectivity index is 1.82. The molecule has 3 heteroatoms. The van der Waals surface area contributed by atoms with Gasteiger partial charge >= 0.3 is 0 Å². The van der Waals surface area contributed by atoms with Crippen LogP contribution in [-0.2, 0) is 6.42 Å². The second-order valence-electron chi connectivity index (χ2n) is 5.28. The van der Waals surface area contributed by atoms with E-state index in [1.165, 1.54) is 5.56 Å². The molecule has 0 spiro atoms. The normalized spacial score (nSPS) is 10.3. The van der Waals surface area contributed by atoms with E-state index in [0.29, 0.717) is 10.6 Å². The van der Waals surface area contributed by atoms with E-state index in [9.17, 15) is 4.79 Å². The number of anilines is 1. The van der Waals surface area contributed by atoms with Gasteiger partial charge in [0, 0.05) is 16.3 Å². The second-order valence-corrected chi connectivity index (χ2v) is 5.72. The molecule has 0 bridgehead atoms. The molecule has 1 N–H and O–H groups in total. The van der Waals surface area contributed by atoms with Gasteiger partial charge < -0.3 is 5.32 Å². The van der Waals surface area contributed by atoms with Crippen LogP contribution in [0.1, 0.15) is 21.5 Å². The maximum Gasteiger partial charge on any atom is 0.255 e. The van der Waals surface area contributed by atoms with Gasteiger partial charge in [-0.05, 0) is 47.9 Å². The summed E-state index contributed by atoms with van der Waals surface area (Å²) in [6.07, 6.45) is 0.727. The maximum atomic E-state index is 12.6. The fraction of sp³-hybridized carbons (Fsp3) is 0.0500. The van der Waals surface area contributed by atoms with Crippen LogP contribution in [0.5, 0.6) is 0 Å². The predicted molar refractivity (Wildman–Crippen MR) is 95.1 cm³/mol. The van der Waals surface area contributed by atoms with Gasteiger partial charge in [-0.2, -0.15) is 0 Å². The van der Waals surface area contributed by atoms with Gasteiger partial charge in [0.15, 0.2) is 0 Å². The van der Waals surface area contributed by atoms with Crippen LogP contribution in [0.4, 0.5) is 5.69 Å². The van der Waals surface area contributed by atoms with Gasteiger partial charge in [0.2, 0.25) is 0 Å². The first-order valence-electron chi connectivity index (χ1n) is 7.41. The van der Waals surface area contributed by atoms with Crippen LogP contribution in [0.3, 0.4) is 0 Å². The van der Waals surface area contributed by atoms with Gasteiger partial charge in [-0.15, -0.1) is 0 Å². The lowest BCUT2D eigenvalue weighted by molar-refractivity contribution is 0.102. The zero-order valence-corrected chi connectivity index (χ0v) is 13.3. The summed E-state index contributed by atoms with van der Waals surface area (Å²) in [6, 6.07) is 24.9. The molecule has 0 aliphatic rings. The Morgan fingerprint density at radius 3 is 2.22 bits per heavy atom. The van der Waals surface area contributed by atoms with Crippen molar-refractivity contribution in [1.82, 2.24) is 0 Å². The molecule has 0 saturated carbocycles. The first-order valence-corrected chi connectivity index (χ1v) is 7.79. The molecule has 0 saturated heterocycles. The number of hydrogen-bond donors (Lipinski definition) is 1. The van der Waals surface area contributed by atoms with E-state index in [4.69, 9.17) is 11.6 Å². The SMILES string of the molecule is O=C(Nc1ccc(Cl)cc1)c1ccccc1Cc1ccccc1. The molecule has 114 valence electrons. The summed E-state index contributed by atoms with van der Waals surface area (Å²) in [6.45, 7) is 0. The average Bonchev–Trinajstić information content (AvgIpc) is 2.58. The van der Waals surface area contributed by atoms with E-state index in [1.54, 1.807) is 24.3 Å². The summed E-state index contributed by atoms with van der Waals surface area (Å²) in [5, 5.41) is 3.56. The Bertz CT molecular complexity index is 797. The Kier molecular flexibility index (Phi) is 4.74. The molecule has 1 amide bonds. The third-order valence-corrected chi connectivity index (χ3v) is 3.85. The molecule has 0 aliphatic carbocycles. The third kappa shape index (κ3) is 3.99. The molecule has 0 radical (unpaired) electrons. The molecule has 3 aromatic rings. The number of benzene rings is 3. The maximum absolute atomic E-state index is 12.6. The highest BCUT2D eigenvalue weighted by Crippen LogP contribution is 2.18. The summed E-state index contributed by atoms with van der Waals surface area (Å²) in [4.78, 5) is 12.6. The quantitative estimate of drug-likeness (QED) is 0.704. The lowest BCUT2D eigenvalue weighted by atomic mass is 9.99. The molecule has 2 nitrogen and oxygen atoms in total. The number of nitrogens with one attached hydrogen (secondary N) is 1. The van der Waals surface area contributed by atoms with Crippen LogP contribution >= 0.6 is 11.6 Å². The molecule has 0 atom stereocenters. The standard InChI is InChI=1S/C20H16ClNO/c21-17-10-12-18(13-11-17)22-20(23)19-9-5-4-8-16(19)14-15-6-2-1-3-7-15/h1-13H,14H2,(H,22,23). The van der Waals surface area contributed by atoms with Gasteiger partial charge in [0.1, 0.15) is 0 Å². The Morgan fingerprint density at radius 1 is 0.826 bits per heavy atom. The van der Waals surface area contributed by atoms with E-state index in [-0.39, 0.29) is 5.91 Å². The molecule has 0 unspecified atom stereocenters. The fourth-order valence-corrected chi connectivity index (χ4v) is 2.57. The number of carbonyl (C=O) groups is 1. The highest BCUT2D eigenvalue weighted by Gasteiger charge is 2.11. The van der Waals surface area contributed by atoms with Crippen molar-refractivity contribution in [2.75, 3.05) is 5.32 Å². The number of rotatable bonds is 4. The summed E-state index contributed by atoms with van der Waals surface area (Å²) in [7, 11) is 0. The number of carbonyl (C=O) groups excluding carboxylic acids is 1. The molecule has 0 heterocycles. The zero-order valence-electron chi connectivity index (χ0n) is 12.5. The van der Waals surface area contributed by atoms with Crippen LogP contribution < -0.4 is 5.32 Å². The van der Waals surface area contributed by atoms with E-state index < -0.39 is 0 Å². The van der Waals surface area contributed by atoms with Crippen LogP contribution in [0, 0.1) is 0 Å². The topological polar surface area (TPSA) is 29.1 Å².